The number of nitrogens with zero attached hydrogens (tertiary/aromatic N) is 2. The molecule has 0 saturated heterocycles. The number of para-hydroxylation sites is 1. The smallest absolute Gasteiger partial charge is 0.141 e. The fraction of sp³-hybridized carbons (Fsp3) is 0.0417. The summed E-state index contributed by atoms with van der Waals surface area (Å²) in [6.45, 7) is 0. The maximum absolute atomic E-state index is 4.80. The zero-order valence-electron chi connectivity index (χ0n) is 14.1. The second-order valence-corrected chi connectivity index (χ2v) is 6.84. The summed E-state index contributed by atoms with van der Waals surface area (Å²) in [5, 5.41) is 0. The second-order valence-electron chi connectivity index (χ2n) is 6.84. The quantitative estimate of drug-likeness (QED) is 0.394. The van der Waals surface area contributed by atoms with E-state index in [1.54, 1.807) is 0 Å². The monoisotopic (exact) mass is 332 g/mol. The van der Waals surface area contributed by atoms with Crippen molar-refractivity contribution in [2.75, 3.05) is 4.90 Å². The van der Waals surface area contributed by atoms with Crippen molar-refractivity contribution in [2.45, 2.75) is 6.04 Å². The van der Waals surface area contributed by atoms with E-state index in [-0.39, 0.29) is 6.04 Å². The first kappa shape index (κ1) is 13.9. The number of pyridine rings is 1. The number of fused-ring (bicyclic) bond motifs is 11. The highest BCUT2D eigenvalue weighted by Gasteiger charge is 2.38. The molecule has 1 aromatic heterocycles. The van der Waals surface area contributed by atoms with Crippen LogP contribution in [0, 0.1) is 0 Å². The van der Waals surface area contributed by atoms with E-state index in [1.165, 1.54) is 39.1 Å². The summed E-state index contributed by atoms with van der Waals surface area (Å²) >= 11 is 0. The largest absolute Gasteiger partial charge is 0.314 e. The van der Waals surface area contributed by atoms with Gasteiger partial charge in [-0.25, -0.2) is 4.98 Å². The van der Waals surface area contributed by atoms with Crippen LogP contribution in [0.3, 0.4) is 0 Å². The molecule has 1 atom stereocenters. The van der Waals surface area contributed by atoms with E-state index in [4.69, 9.17) is 4.98 Å². The molecule has 0 saturated carbocycles. The van der Waals surface area contributed by atoms with E-state index in [0.717, 1.165) is 5.82 Å². The van der Waals surface area contributed by atoms with Gasteiger partial charge in [0.1, 0.15) is 5.82 Å². The van der Waals surface area contributed by atoms with Crippen molar-refractivity contribution in [1.82, 2.24) is 4.98 Å². The Bertz CT molecular complexity index is 978. The van der Waals surface area contributed by atoms with Crippen LogP contribution in [0.2, 0.25) is 0 Å². The Hall–Kier alpha value is -3.39. The molecule has 1 unspecified atom stereocenters. The van der Waals surface area contributed by atoms with Crippen LogP contribution < -0.4 is 4.90 Å². The SMILES string of the molecule is c1ccc2c(c1)-c1ccccc1N1c3ncccc3-c3ccccc3C21. The zero-order chi connectivity index (χ0) is 17.1. The first-order valence-corrected chi connectivity index (χ1v) is 8.95. The van der Waals surface area contributed by atoms with E-state index in [1.807, 2.05) is 12.3 Å². The summed E-state index contributed by atoms with van der Waals surface area (Å²) < 4.78 is 0. The summed E-state index contributed by atoms with van der Waals surface area (Å²) in [6, 6.07) is 30.5. The van der Waals surface area contributed by atoms with Crippen LogP contribution in [0.5, 0.6) is 0 Å². The summed E-state index contributed by atoms with van der Waals surface area (Å²) in [5.41, 5.74) is 8.99. The first-order valence-electron chi connectivity index (χ1n) is 8.95. The first-order chi connectivity index (χ1) is 12.9. The van der Waals surface area contributed by atoms with Crippen molar-refractivity contribution in [3.05, 3.63) is 102 Å². The van der Waals surface area contributed by atoms with Crippen LogP contribution in [0.25, 0.3) is 22.3 Å². The van der Waals surface area contributed by atoms with E-state index < -0.39 is 0 Å². The predicted molar refractivity (Wildman–Crippen MR) is 106 cm³/mol. The second kappa shape index (κ2) is 5.06. The number of anilines is 2. The highest BCUT2D eigenvalue weighted by atomic mass is 15.2. The van der Waals surface area contributed by atoms with Crippen LogP contribution in [-0.4, -0.2) is 4.98 Å². The summed E-state index contributed by atoms with van der Waals surface area (Å²) in [5.74, 6) is 1.04. The van der Waals surface area contributed by atoms with E-state index in [9.17, 15) is 0 Å². The third-order valence-corrected chi connectivity index (χ3v) is 5.53. The fourth-order valence-electron chi connectivity index (χ4n) is 4.49. The molecule has 0 bridgehead atoms. The van der Waals surface area contributed by atoms with Gasteiger partial charge in [0.15, 0.2) is 0 Å². The van der Waals surface area contributed by atoms with Gasteiger partial charge in [-0.05, 0) is 40.5 Å². The fourth-order valence-corrected chi connectivity index (χ4v) is 4.49. The van der Waals surface area contributed by atoms with Gasteiger partial charge >= 0.3 is 0 Å². The standard InChI is InChI=1S/C24H16N2/c1-3-11-19-16(8-1)18-10-5-6-14-22(18)26-23(19)20-12-4-2-9-17(20)21-13-7-15-25-24(21)26/h1-15,23H. The lowest BCUT2D eigenvalue weighted by atomic mass is 9.80. The maximum Gasteiger partial charge on any atom is 0.141 e. The highest BCUT2D eigenvalue weighted by Crippen LogP contribution is 2.55. The molecule has 122 valence electrons. The molecule has 0 amide bonds. The lowest BCUT2D eigenvalue weighted by Crippen LogP contribution is -2.32. The molecular formula is C24H16N2. The Morgan fingerprint density at radius 2 is 1.15 bits per heavy atom. The molecule has 2 heteroatoms. The minimum atomic E-state index is 0.152. The van der Waals surface area contributed by atoms with Crippen LogP contribution in [0.4, 0.5) is 11.5 Å². The molecule has 6 rings (SSSR count). The number of aromatic nitrogens is 1. The van der Waals surface area contributed by atoms with Gasteiger partial charge in [0.05, 0.1) is 11.7 Å². The molecule has 3 heterocycles. The van der Waals surface area contributed by atoms with Crippen LogP contribution in [-0.2, 0) is 0 Å². The van der Waals surface area contributed by atoms with Gasteiger partial charge < -0.3 is 4.90 Å². The van der Waals surface area contributed by atoms with Gasteiger partial charge in [-0.1, -0.05) is 66.7 Å². The Kier molecular flexibility index (Phi) is 2.69. The van der Waals surface area contributed by atoms with Gasteiger partial charge in [-0.3, -0.25) is 0 Å². The van der Waals surface area contributed by atoms with Gasteiger partial charge in [-0.2, -0.15) is 0 Å². The molecule has 0 fully saturated rings. The zero-order valence-corrected chi connectivity index (χ0v) is 14.1. The Morgan fingerprint density at radius 1 is 0.577 bits per heavy atom. The molecular weight excluding hydrogens is 316 g/mol. The lowest BCUT2D eigenvalue weighted by molar-refractivity contribution is 0.788. The summed E-state index contributed by atoms with van der Waals surface area (Å²) in [7, 11) is 0. The molecule has 0 spiro atoms. The third kappa shape index (κ3) is 1.68. The number of hydrogen-bond donors (Lipinski definition) is 0. The molecule has 4 aromatic rings. The predicted octanol–water partition coefficient (Wildman–Crippen LogP) is 5.97. The summed E-state index contributed by atoms with van der Waals surface area (Å²) in [6.07, 6.45) is 1.90. The van der Waals surface area contributed by atoms with Gasteiger partial charge in [0, 0.05) is 17.3 Å². The molecule has 2 nitrogen and oxygen atoms in total. The van der Waals surface area contributed by atoms with Crippen molar-refractivity contribution in [1.29, 1.82) is 0 Å². The molecule has 2 aliphatic rings. The Balaban J connectivity index is 1.77. The normalized spacial score (nSPS) is 16.0. The molecule has 3 aromatic carbocycles. The molecule has 0 N–H and O–H groups in total. The topological polar surface area (TPSA) is 16.1 Å². The third-order valence-electron chi connectivity index (χ3n) is 5.53. The minimum absolute atomic E-state index is 0.152. The Labute approximate surface area is 152 Å². The number of benzene rings is 3. The van der Waals surface area contributed by atoms with Gasteiger partial charge in [0.25, 0.3) is 0 Å². The highest BCUT2D eigenvalue weighted by molar-refractivity contribution is 5.95. The Morgan fingerprint density at radius 3 is 1.92 bits per heavy atom. The lowest BCUT2D eigenvalue weighted by Gasteiger charge is -2.44. The van der Waals surface area contributed by atoms with E-state index in [0.29, 0.717) is 0 Å². The maximum atomic E-state index is 4.80. The van der Waals surface area contributed by atoms with E-state index in [2.05, 4.69) is 83.8 Å². The van der Waals surface area contributed by atoms with Crippen molar-refractivity contribution >= 4 is 11.5 Å². The van der Waals surface area contributed by atoms with Crippen molar-refractivity contribution in [3.63, 3.8) is 0 Å². The molecule has 0 aliphatic carbocycles. The number of rotatable bonds is 0. The van der Waals surface area contributed by atoms with Crippen molar-refractivity contribution < 1.29 is 0 Å². The van der Waals surface area contributed by atoms with Crippen LogP contribution >= 0.6 is 0 Å². The van der Waals surface area contributed by atoms with Crippen LogP contribution in [0.1, 0.15) is 17.2 Å². The number of hydrogen-bond acceptors (Lipinski definition) is 2. The van der Waals surface area contributed by atoms with Gasteiger partial charge in [0.2, 0.25) is 0 Å². The van der Waals surface area contributed by atoms with Gasteiger partial charge in [-0.15, -0.1) is 0 Å². The van der Waals surface area contributed by atoms with E-state index >= 15 is 0 Å². The van der Waals surface area contributed by atoms with Crippen molar-refractivity contribution in [2.24, 2.45) is 0 Å². The average Bonchev–Trinajstić information content (AvgIpc) is 2.73. The minimum Gasteiger partial charge on any atom is -0.314 e. The molecule has 0 radical (unpaired) electrons. The summed E-state index contributed by atoms with van der Waals surface area (Å²) in [4.78, 5) is 7.21. The average molecular weight is 332 g/mol. The molecule has 2 aliphatic heterocycles. The van der Waals surface area contributed by atoms with Crippen LogP contribution in [0.15, 0.2) is 91.1 Å². The van der Waals surface area contributed by atoms with Crippen molar-refractivity contribution in [3.8, 4) is 22.3 Å². The molecule has 26 heavy (non-hydrogen) atoms.